The minimum absolute atomic E-state index is 0.0737. The largest absolute Gasteiger partial charge is 0.494 e. The van der Waals surface area contributed by atoms with Crippen LogP contribution in [0.25, 0.3) is 0 Å². The molecule has 0 aliphatic rings. The van der Waals surface area contributed by atoms with Crippen molar-refractivity contribution in [2.75, 3.05) is 11.9 Å². The molecule has 2 aromatic carbocycles. The second-order valence-electron chi connectivity index (χ2n) is 5.35. The lowest BCUT2D eigenvalue weighted by molar-refractivity contribution is -0.116. The van der Waals surface area contributed by atoms with Gasteiger partial charge < -0.3 is 10.1 Å². The van der Waals surface area contributed by atoms with Crippen LogP contribution < -0.4 is 10.1 Å². The number of benzene rings is 2. The molecular formula is C19H20FNO3. The molecule has 126 valence electrons. The normalized spacial score (nSPS) is 10.2. The number of hydrogen-bond donors (Lipinski definition) is 1. The molecule has 0 saturated carbocycles. The van der Waals surface area contributed by atoms with Gasteiger partial charge in [-0.1, -0.05) is 6.92 Å². The molecule has 0 atom stereocenters. The highest BCUT2D eigenvalue weighted by molar-refractivity contribution is 5.99. The average Bonchev–Trinajstić information content (AvgIpc) is 2.59. The zero-order valence-corrected chi connectivity index (χ0v) is 13.5. The summed E-state index contributed by atoms with van der Waals surface area (Å²) in [6.07, 6.45) is 1.08. The van der Waals surface area contributed by atoms with Gasteiger partial charge in [0.2, 0.25) is 5.91 Å². The Balaban J connectivity index is 1.80. The molecule has 0 bridgehead atoms. The summed E-state index contributed by atoms with van der Waals surface area (Å²) in [4.78, 5) is 23.8. The smallest absolute Gasteiger partial charge is 0.224 e. The summed E-state index contributed by atoms with van der Waals surface area (Å²) < 4.78 is 18.3. The van der Waals surface area contributed by atoms with Crippen molar-refractivity contribution in [1.82, 2.24) is 0 Å². The van der Waals surface area contributed by atoms with E-state index < -0.39 is 5.82 Å². The molecule has 0 aliphatic carbocycles. The zero-order chi connectivity index (χ0) is 17.4. The summed E-state index contributed by atoms with van der Waals surface area (Å²) in [5.74, 6) is -0.0712. The first-order valence-corrected chi connectivity index (χ1v) is 7.90. The summed E-state index contributed by atoms with van der Waals surface area (Å²) in [6.45, 7) is 2.68. The standard InChI is InChI=1S/C19H20FNO3/c1-2-13-24-17-9-7-16(8-10-17)21-19(23)12-11-18(22)14-3-5-15(20)6-4-14/h3-10H,2,11-13H2,1H3,(H,21,23). The van der Waals surface area contributed by atoms with Crippen LogP contribution in [0.5, 0.6) is 5.75 Å². The first-order chi connectivity index (χ1) is 11.6. The van der Waals surface area contributed by atoms with Crippen molar-refractivity contribution in [2.24, 2.45) is 0 Å². The maximum Gasteiger partial charge on any atom is 0.224 e. The fourth-order valence-corrected chi connectivity index (χ4v) is 2.09. The number of carbonyl (C=O) groups is 2. The molecule has 0 aliphatic heterocycles. The van der Waals surface area contributed by atoms with E-state index in [0.717, 1.165) is 12.2 Å². The number of halogens is 1. The summed E-state index contributed by atoms with van der Waals surface area (Å²) in [5.41, 5.74) is 1.06. The van der Waals surface area contributed by atoms with Gasteiger partial charge in [0.25, 0.3) is 0 Å². The van der Waals surface area contributed by atoms with Gasteiger partial charge in [0.15, 0.2) is 5.78 Å². The Morgan fingerprint density at radius 1 is 1.00 bits per heavy atom. The van der Waals surface area contributed by atoms with Gasteiger partial charge in [0, 0.05) is 24.1 Å². The van der Waals surface area contributed by atoms with Crippen LogP contribution in [-0.4, -0.2) is 18.3 Å². The fourth-order valence-electron chi connectivity index (χ4n) is 2.09. The molecule has 0 aromatic heterocycles. The number of rotatable bonds is 8. The Hall–Kier alpha value is -2.69. The molecule has 0 fully saturated rings. The van der Waals surface area contributed by atoms with Gasteiger partial charge in [0.05, 0.1) is 6.61 Å². The molecule has 5 heteroatoms. The van der Waals surface area contributed by atoms with Gasteiger partial charge >= 0.3 is 0 Å². The molecule has 0 saturated heterocycles. The van der Waals surface area contributed by atoms with Crippen LogP contribution in [0.4, 0.5) is 10.1 Å². The number of hydrogen-bond acceptors (Lipinski definition) is 3. The van der Waals surface area contributed by atoms with Crippen LogP contribution in [-0.2, 0) is 4.79 Å². The topological polar surface area (TPSA) is 55.4 Å². The van der Waals surface area contributed by atoms with Crippen molar-refractivity contribution in [3.05, 3.63) is 59.9 Å². The first-order valence-electron chi connectivity index (χ1n) is 7.90. The van der Waals surface area contributed by atoms with Crippen LogP contribution in [0, 0.1) is 5.82 Å². The molecule has 0 radical (unpaired) electrons. The van der Waals surface area contributed by atoms with E-state index in [1.165, 1.54) is 24.3 Å². The predicted octanol–water partition coefficient (Wildman–Crippen LogP) is 4.22. The Kier molecular flexibility index (Phi) is 6.49. The van der Waals surface area contributed by atoms with Crippen molar-refractivity contribution in [3.63, 3.8) is 0 Å². The molecule has 2 rings (SSSR count). The van der Waals surface area contributed by atoms with Gasteiger partial charge in [-0.05, 0) is 55.0 Å². The molecule has 1 amide bonds. The molecule has 0 unspecified atom stereocenters. The number of Topliss-reactive ketones (excluding diaryl/α,β-unsaturated/α-hetero) is 1. The third-order valence-electron chi connectivity index (χ3n) is 3.36. The van der Waals surface area contributed by atoms with Crippen LogP contribution >= 0.6 is 0 Å². The van der Waals surface area contributed by atoms with E-state index in [9.17, 15) is 14.0 Å². The van der Waals surface area contributed by atoms with Crippen molar-refractivity contribution in [3.8, 4) is 5.75 Å². The van der Waals surface area contributed by atoms with Gasteiger partial charge in [0.1, 0.15) is 11.6 Å². The molecule has 24 heavy (non-hydrogen) atoms. The van der Waals surface area contributed by atoms with E-state index in [4.69, 9.17) is 4.74 Å². The van der Waals surface area contributed by atoms with Crippen LogP contribution in [0.1, 0.15) is 36.5 Å². The summed E-state index contributed by atoms with van der Waals surface area (Å²) >= 11 is 0. The maximum atomic E-state index is 12.8. The number of amides is 1. The molecule has 4 nitrogen and oxygen atoms in total. The quantitative estimate of drug-likeness (QED) is 0.738. The van der Waals surface area contributed by atoms with Crippen LogP contribution in [0.2, 0.25) is 0 Å². The van der Waals surface area contributed by atoms with Crippen LogP contribution in [0.15, 0.2) is 48.5 Å². The Morgan fingerprint density at radius 3 is 2.29 bits per heavy atom. The second-order valence-corrected chi connectivity index (χ2v) is 5.35. The number of anilines is 1. The van der Waals surface area contributed by atoms with Gasteiger partial charge in [-0.2, -0.15) is 0 Å². The molecule has 0 spiro atoms. The molecule has 0 heterocycles. The summed E-state index contributed by atoms with van der Waals surface area (Å²) in [6, 6.07) is 12.4. The van der Waals surface area contributed by atoms with Crippen molar-refractivity contribution < 1.29 is 18.7 Å². The van der Waals surface area contributed by atoms with Gasteiger partial charge in [-0.25, -0.2) is 4.39 Å². The Labute approximate surface area is 140 Å². The minimum Gasteiger partial charge on any atom is -0.494 e. The Morgan fingerprint density at radius 2 is 1.67 bits per heavy atom. The molecule has 2 aromatic rings. The SMILES string of the molecule is CCCOc1ccc(NC(=O)CCC(=O)c2ccc(F)cc2)cc1. The highest BCUT2D eigenvalue weighted by atomic mass is 19.1. The predicted molar refractivity (Wildman–Crippen MR) is 90.8 cm³/mol. The third kappa shape index (κ3) is 5.50. The number of nitrogens with one attached hydrogen (secondary N) is 1. The lowest BCUT2D eigenvalue weighted by atomic mass is 10.1. The summed E-state index contributed by atoms with van der Waals surface area (Å²) in [7, 11) is 0. The lowest BCUT2D eigenvalue weighted by Crippen LogP contribution is -2.13. The van der Waals surface area contributed by atoms with E-state index in [0.29, 0.717) is 17.9 Å². The Bertz CT molecular complexity index is 681. The monoisotopic (exact) mass is 329 g/mol. The lowest BCUT2D eigenvalue weighted by Gasteiger charge is -2.07. The highest BCUT2D eigenvalue weighted by Crippen LogP contribution is 2.16. The summed E-state index contributed by atoms with van der Waals surface area (Å²) in [5, 5.41) is 2.73. The minimum atomic E-state index is -0.393. The van der Waals surface area contributed by atoms with E-state index >= 15 is 0 Å². The molecular weight excluding hydrogens is 309 g/mol. The highest BCUT2D eigenvalue weighted by Gasteiger charge is 2.10. The fraction of sp³-hybridized carbons (Fsp3) is 0.263. The first kappa shape index (κ1) is 17.7. The van der Waals surface area contributed by atoms with Crippen LogP contribution in [0.3, 0.4) is 0 Å². The second kappa shape index (κ2) is 8.82. The average molecular weight is 329 g/mol. The van der Waals surface area contributed by atoms with E-state index in [1.54, 1.807) is 24.3 Å². The van der Waals surface area contributed by atoms with E-state index in [1.807, 2.05) is 6.92 Å². The molecule has 1 N–H and O–H groups in total. The maximum absolute atomic E-state index is 12.8. The third-order valence-corrected chi connectivity index (χ3v) is 3.36. The number of ketones is 1. The number of ether oxygens (including phenoxy) is 1. The van der Waals surface area contributed by atoms with Gasteiger partial charge in [-0.3, -0.25) is 9.59 Å². The van der Waals surface area contributed by atoms with Gasteiger partial charge in [-0.15, -0.1) is 0 Å². The zero-order valence-electron chi connectivity index (χ0n) is 13.5. The van der Waals surface area contributed by atoms with Crippen molar-refractivity contribution in [2.45, 2.75) is 26.2 Å². The number of carbonyl (C=O) groups excluding carboxylic acids is 2. The van der Waals surface area contributed by atoms with Crippen molar-refractivity contribution >= 4 is 17.4 Å². The van der Waals surface area contributed by atoms with E-state index in [2.05, 4.69) is 5.32 Å². The van der Waals surface area contributed by atoms with Crippen molar-refractivity contribution in [1.29, 1.82) is 0 Å². The van der Waals surface area contributed by atoms with E-state index in [-0.39, 0.29) is 24.5 Å².